The van der Waals surface area contributed by atoms with Crippen LogP contribution in [0.2, 0.25) is 0 Å². The quantitative estimate of drug-likeness (QED) is 0.678. The SMILES string of the molecule is CC(C)(C1CCCCN1)C(F)(F)F. The lowest BCUT2D eigenvalue weighted by molar-refractivity contribution is -0.223. The van der Waals surface area contributed by atoms with Gasteiger partial charge in [-0.1, -0.05) is 6.42 Å². The van der Waals surface area contributed by atoms with E-state index in [-0.39, 0.29) is 0 Å². The summed E-state index contributed by atoms with van der Waals surface area (Å²) >= 11 is 0. The van der Waals surface area contributed by atoms with Crippen LogP contribution >= 0.6 is 0 Å². The van der Waals surface area contributed by atoms with Crippen molar-refractivity contribution in [3.63, 3.8) is 0 Å². The zero-order valence-corrected chi connectivity index (χ0v) is 8.04. The summed E-state index contributed by atoms with van der Waals surface area (Å²) in [5, 5.41) is 2.95. The third kappa shape index (κ3) is 2.16. The van der Waals surface area contributed by atoms with Gasteiger partial charge in [-0.05, 0) is 33.2 Å². The van der Waals surface area contributed by atoms with Crippen molar-refractivity contribution in [2.45, 2.75) is 45.3 Å². The zero-order chi connectivity index (χ0) is 10.1. The molecule has 1 heterocycles. The Morgan fingerprint density at radius 1 is 1.15 bits per heavy atom. The molecule has 1 fully saturated rings. The Hall–Kier alpha value is -0.250. The summed E-state index contributed by atoms with van der Waals surface area (Å²) in [6.07, 6.45) is -1.59. The van der Waals surface area contributed by atoms with E-state index in [0.717, 1.165) is 12.8 Å². The van der Waals surface area contributed by atoms with Crippen LogP contribution in [0, 0.1) is 5.41 Å². The summed E-state index contributed by atoms with van der Waals surface area (Å²) < 4.78 is 37.7. The molecule has 0 saturated carbocycles. The molecule has 0 aromatic carbocycles. The van der Waals surface area contributed by atoms with Crippen LogP contribution in [-0.2, 0) is 0 Å². The fourth-order valence-electron chi connectivity index (χ4n) is 1.67. The van der Waals surface area contributed by atoms with E-state index in [0.29, 0.717) is 13.0 Å². The lowest BCUT2D eigenvalue weighted by atomic mass is 9.79. The van der Waals surface area contributed by atoms with Crippen LogP contribution in [0.4, 0.5) is 13.2 Å². The summed E-state index contributed by atoms with van der Waals surface area (Å²) in [4.78, 5) is 0. The maximum atomic E-state index is 12.6. The van der Waals surface area contributed by atoms with Crippen molar-refractivity contribution in [2.24, 2.45) is 5.41 Å². The number of hydrogen-bond donors (Lipinski definition) is 1. The topological polar surface area (TPSA) is 12.0 Å². The highest BCUT2D eigenvalue weighted by Gasteiger charge is 2.52. The van der Waals surface area contributed by atoms with Crippen LogP contribution in [0.5, 0.6) is 0 Å². The Labute approximate surface area is 76.7 Å². The van der Waals surface area contributed by atoms with Gasteiger partial charge in [-0.3, -0.25) is 0 Å². The first-order valence-electron chi connectivity index (χ1n) is 4.66. The van der Waals surface area contributed by atoms with Crippen molar-refractivity contribution < 1.29 is 13.2 Å². The van der Waals surface area contributed by atoms with Gasteiger partial charge in [-0.15, -0.1) is 0 Å². The lowest BCUT2D eigenvalue weighted by Crippen LogP contribution is -2.52. The van der Waals surface area contributed by atoms with E-state index >= 15 is 0 Å². The molecule has 1 N–H and O–H groups in total. The molecule has 1 aliphatic rings. The van der Waals surface area contributed by atoms with Crippen LogP contribution in [0.3, 0.4) is 0 Å². The summed E-state index contributed by atoms with van der Waals surface area (Å²) in [5.74, 6) is 0. The standard InChI is InChI=1S/C9H16F3N/c1-8(2,9(10,11)12)7-5-3-4-6-13-7/h7,13H,3-6H2,1-2H3. The van der Waals surface area contributed by atoms with Gasteiger partial charge in [0.25, 0.3) is 0 Å². The maximum absolute atomic E-state index is 12.6. The largest absolute Gasteiger partial charge is 0.395 e. The molecule has 0 radical (unpaired) electrons. The third-order valence-electron chi connectivity index (χ3n) is 2.91. The summed E-state index contributed by atoms with van der Waals surface area (Å²) in [5.41, 5.74) is -1.60. The average molecular weight is 195 g/mol. The van der Waals surface area contributed by atoms with E-state index in [1.165, 1.54) is 13.8 Å². The summed E-state index contributed by atoms with van der Waals surface area (Å²) in [6, 6.07) is -0.416. The minimum atomic E-state index is -4.11. The fraction of sp³-hybridized carbons (Fsp3) is 1.00. The first kappa shape index (κ1) is 10.8. The molecule has 1 rings (SSSR count). The molecule has 1 unspecified atom stereocenters. The molecule has 1 atom stereocenters. The molecule has 0 aromatic heterocycles. The van der Waals surface area contributed by atoms with Gasteiger partial charge < -0.3 is 5.32 Å². The van der Waals surface area contributed by atoms with Crippen LogP contribution < -0.4 is 5.32 Å². The zero-order valence-electron chi connectivity index (χ0n) is 8.04. The summed E-state index contributed by atoms with van der Waals surface area (Å²) in [7, 11) is 0. The van der Waals surface area contributed by atoms with Gasteiger partial charge >= 0.3 is 6.18 Å². The number of rotatable bonds is 1. The number of hydrogen-bond acceptors (Lipinski definition) is 1. The molecule has 0 aromatic rings. The van der Waals surface area contributed by atoms with Crippen LogP contribution in [-0.4, -0.2) is 18.8 Å². The molecule has 4 heteroatoms. The highest BCUT2D eigenvalue weighted by Crippen LogP contribution is 2.42. The number of piperidine rings is 1. The molecule has 1 aliphatic heterocycles. The number of halogens is 3. The molecule has 0 aliphatic carbocycles. The van der Waals surface area contributed by atoms with E-state index in [2.05, 4.69) is 5.32 Å². The third-order valence-corrected chi connectivity index (χ3v) is 2.91. The van der Waals surface area contributed by atoms with Gasteiger partial charge in [0.15, 0.2) is 0 Å². The molecular formula is C9H16F3N. The molecular weight excluding hydrogens is 179 g/mol. The van der Waals surface area contributed by atoms with Crippen molar-refractivity contribution in [3.8, 4) is 0 Å². The lowest BCUT2D eigenvalue weighted by Gasteiger charge is -2.38. The molecule has 0 bridgehead atoms. The van der Waals surface area contributed by atoms with E-state index in [9.17, 15) is 13.2 Å². The number of alkyl halides is 3. The van der Waals surface area contributed by atoms with Gasteiger partial charge in [0.05, 0.1) is 5.41 Å². The second kappa shape index (κ2) is 3.48. The number of nitrogens with one attached hydrogen (secondary N) is 1. The highest BCUT2D eigenvalue weighted by atomic mass is 19.4. The van der Waals surface area contributed by atoms with Crippen molar-refractivity contribution >= 4 is 0 Å². The van der Waals surface area contributed by atoms with Crippen molar-refractivity contribution in [3.05, 3.63) is 0 Å². The normalized spacial score (nSPS) is 26.1. The molecule has 0 amide bonds. The average Bonchev–Trinajstić information content (AvgIpc) is 2.04. The van der Waals surface area contributed by atoms with Crippen LogP contribution in [0.25, 0.3) is 0 Å². The van der Waals surface area contributed by atoms with Gasteiger partial charge in [0.2, 0.25) is 0 Å². The van der Waals surface area contributed by atoms with Crippen molar-refractivity contribution in [1.29, 1.82) is 0 Å². The smallest absolute Gasteiger partial charge is 0.313 e. The van der Waals surface area contributed by atoms with E-state index in [4.69, 9.17) is 0 Å². The Bertz CT molecular complexity index is 168. The molecule has 1 saturated heterocycles. The molecule has 78 valence electrons. The van der Waals surface area contributed by atoms with Gasteiger partial charge in [0.1, 0.15) is 0 Å². The second-order valence-corrected chi connectivity index (χ2v) is 4.22. The summed E-state index contributed by atoms with van der Waals surface area (Å²) in [6.45, 7) is 3.26. The first-order valence-corrected chi connectivity index (χ1v) is 4.66. The highest BCUT2D eigenvalue weighted by molar-refractivity contribution is 4.91. The minimum absolute atomic E-state index is 0.416. The van der Waals surface area contributed by atoms with Crippen molar-refractivity contribution in [1.82, 2.24) is 5.32 Å². The Morgan fingerprint density at radius 3 is 2.15 bits per heavy atom. The van der Waals surface area contributed by atoms with E-state index < -0.39 is 17.6 Å². The van der Waals surface area contributed by atoms with Gasteiger partial charge in [0, 0.05) is 6.04 Å². The first-order chi connectivity index (χ1) is 5.86. The van der Waals surface area contributed by atoms with E-state index in [1.54, 1.807) is 0 Å². The molecule has 1 nitrogen and oxygen atoms in total. The predicted molar refractivity (Wildman–Crippen MR) is 45.5 cm³/mol. The Morgan fingerprint density at radius 2 is 1.77 bits per heavy atom. The van der Waals surface area contributed by atoms with Crippen molar-refractivity contribution in [2.75, 3.05) is 6.54 Å². The van der Waals surface area contributed by atoms with Crippen LogP contribution in [0.15, 0.2) is 0 Å². The molecule has 0 spiro atoms. The monoisotopic (exact) mass is 195 g/mol. The Balaban J connectivity index is 2.67. The van der Waals surface area contributed by atoms with Gasteiger partial charge in [-0.2, -0.15) is 13.2 Å². The molecule has 13 heavy (non-hydrogen) atoms. The van der Waals surface area contributed by atoms with Crippen LogP contribution in [0.1, 0.15) is 33.1 Å². The minimum Gasteiger partial charge on any atom is -0.313 e. The Kier molecular flexibility index (Phi) is 2.90. The maximum Gasteiger partial charge on any atom is 0.395 e. The second-order valence-electron chi connectivity index (χ2n) is 4.22. The van der Waals surface area contributed by atoms with E-state index in [1.807, 2.05) is 0 Å². The predicted octanol–water partition coefficient (Wildman–Crippen LogP) is 2.72. The van der Waals surface area contributed by atoms with Gasteiger partial charge in [-0.25, -0.2) is 0 Å². The fourth-order valence-corrected chi connectivity index (χ4v) is 1.67.